The Morgan fingerprint density at radius 2 is 2.50 bits per heavy atom. The largest absolute Gasteiger partial charge is 0.398 e. The average Bonchev–Trinajstić information content (AvgIpc) is 2.49. The predicted molar refractivity (Wildman–Crippen MR) is 52.6 cm³/mol. The predicted octanol–water partition coefficient (Wildman–Crippen LogP) is 0.660. The van der Waals surface area contributed by atoms with E-state index >= 15 is 0 Å². The molecular weight excluding hydrogens is 180 g/mol. The van der Waals surface area contributed by atoms with Crippen LogP contribution in [0.25, 0.3) is 0 Å². The molecule has 0 spiro atoms. The molecule has 0 saturated carbocycles. The van der Waals surface area contributed by atoms with E-state index in [4.69, 9.17) is 10.5 Å². The van der Waals surface area contributed by atoms with Crippen LogP contribution < -0.4 is 5.73 Å². The molecule has 1 aromatic rings. The van der Waals surface area contributed by atoms with E-state index in [1.165, 1.54) is 0 Å². The molecule has 1 fully saturated rings. The maximum atomic E-state index is 10.4. The van der Waals surface area contributed by atoms with Crippen molar-refractivity contribution in [2.45, 2.75) is 25.0 Å². The summed E-state index contributed by atoms with van der Waals surface area (Å²) in [6.45, 7) is 2.41. The van der Waals surface area contributed by atoms with Crippen LogP contribution in [-0.4, -0.2) is 22.8 Å². The molecule has 14 heavy (non-hydrogen) atoms. The summed E-state index contributed by atoms with van der Waals surface area (Å²) in [5.41, 5.74) is 6.06. The minimum atomic E-state index is -0.974. The Labute approximate surface area is 82.7 Å². The topological polar surface area (TPSA) is 68.4 Å². The molecule has 0 amide bonds. The Morgan fingerprint density at radius 3 is 3.07 bits per heavy atom. The molecule has 76 valence electrons. The number of pyridine rings is 1. The van der Waals surface area contributed by atoms with E-state index in [0.717, 1.165) is 0 Å². The lowest BCUT2D eigenvalue weighted by Gasteiger charge is -2.27. The van der Waals surface area contributed by atoms with Crippen molar-refractivity contribution in [3.05, 3.63) is 24.0 Å². The third-order valence-electron chi connectivity index (χ3n) is 2.84. The van der Waals surface area contributed by atoms with Crippen molar-refractivity contribution in [1.29, 1.82) is 0 Å². The summed E-state index contributed by atoms with van der Waals surface area (Å²) in [4.78, 5) is 3.97. The van der Waals surface area contributed by atoms with E-state index in [0.29, 0.717) is 24.3 Å². The molecule has 1 aliphatic rings. The molecule has 0 aliphatic carbocycles. The molecule has 2 atom stereocenters. The molecule has 3 N–H and O–H groups in total. The zero-order valence-electron chi connectivity index (χ0n) is 8.10. The fourth-order valence-electron chi connectivity index (χ4n) is 1.85. The lowest BCUT2D eigenvalue weighted by atomic mass is 9.88. The Bertz CT molecular complexity index is 343. The SMILES string of the molecule is CC1OCCC1(O)c1cnccc1N. The molecule has 1 saturated heterocycles. The van der Waals surface area contributed by atoms with E-state index in [-0.39, 0.29) is 6.10 Å². The minimum absolute atomic E-state index is 0.228. The first kappa shape index (κ1) is 9.43. The molecule has 2 heterocycles. The fraction of sp³-hybridized carbons (Fsp3) is 0.500. The van der Waals surface area contributed by atoms with Crippen LogP contribution in [0.2, 0.25) is 0 Å². The minimum Gasteiger partial charge on any atom is -0.398 e. The van der Waals surface area contributed by atoms with E-state index in [1.54, 1.807) is 18.5 Å². The number of rotatable bonds is 1. The van der Waals surface area contributed by atoms with Gasteiger partial charge in [-0.3, -0.25) is 4.98 Å². The second-order valence-electron chi connectivity index (χ2n) is 3.65. The molecule has 1 aromatic heterocycles. The molecule has 0 radical (unpaired) electrons. The van der Waals surface area contributed by atoms with E-state index in [1.807, 2.05) is 6.92 Å². The highest BCUT2D eigenvalue weighted by atomic mass is 16.5. The molecule has 4 nitrogen and oxygen atoms in total. The van der Waals surface area contributed by atoms with Crippen LogP contribution in [-0.2, 0) is 10.3 Å². The van der Waals surface area contributed by atoms with Crippen LogP contribution in [0.15, 0.2) is 18.5 Å². The van der Waals surface area contributed by atoms with Gasteiger partial charge >= 0.3 is 0 Å². The first-order valence-corrected chi connectivity index (χ1v) is 4.68. The van der Waals surface area contributed by atoms with Gasteiger partial charge in [0.25, 0.3) is 0 Å². The van der Waals surface area contributed by atoms with Gasteiger partial charge in [0.2, 0.25) is 0 Å². The lowest BCUT2D eigenvalue weighted by Crippen LogP contribution is -2.34. The average molecular weight is 194 g/mol. The number of hydrogen-bond donors (Lipinski definition) is 2. The summed E-state index contributed by atoms with van der Waals surface area (Å²) in [7, 11) is 0. The maximum Gasteiger partial charge on any atom is 0.121 e. The standard InChI is InChI=1S/C10H14N2O2/c1-7-10(13,3-5-14-7)8-6-12-4-2-9(8)11/h2,4,6-7,13H,3,5H2,1H3,(H2,11,12). The second-order valence-corrected chi connectivity index (χ2v) is 3.65. The van der Waals surface area contributed by atoms with Crippen LogP contribution in [0.5, 0.6) is 0 Å². The van der Waals surface area contributed by atoms with Crippen molar-refractivity contribution in [1.82, 2.24) is 4.98 Å². The number of nitrogen functional groups attached to an aromatic ring is 1. The molecule has 2 rings (SSSR count). The summed E-state index contributed by atoms with van der Waals surface area (Å²) in [5, 5.41) is 10.4. The second kappa shape index (κ2) is 3.22. The van der Waals surface area contributed by atoms with Gasteiger partial charge < -0.3 is 15.6 Å². The third kappa shape index (κ3) is 1.27. The number of ether oxygens (including phenoxy) is 1. The number of aliphatic hydroxyl groups is 1. The van der Waals surface area contributed by atoms with Crippen LogP contribution in [0.3, 0.4) is 0 Å². The number of nitrogens with two attached hydrogens (primary N) is 1. The molecule has 4 heteroatoms. The van der Waals surface area contributed by atoms with Crippen LogP contribution in [0.1, 0.15) is 18.9 Å². The van der Waals surface area contributed by atoms with Crippen molar-refractivity contribution in [3.63, 3.8) is 0 Å². The van der Waals surface area contributed by atoms with Crippen molar-refractivity contribution < 1.29 is 9.84 Å². The highest BCUT2D eigenvalue weighted by molar-refractivity contribution is 5.48. The highest BCUT2D eigenvalue weighted by Crippen LogP contribution is 2.37. The van der Waals surface area contributed by atoms with Gasteiger partial charge in [-0.2, -0.15) is 0 Å². The van der Waals surface area contributed by atoms with Gasteiger partial charge in [-0.1, -0.05) is 0 Å². The first-order chi connectivity index (χ1) is 6.64. The highest BCUT2D eigenvalue weighted by Gasteiger charge is 2.42. The Kier molecular flexibility index (Phi) is 2.17. The van der Waals surface area contributed by atoms with Crippen LogP contribution in [0.4, 0.5) is 5.69 Å². The Hall–Kier alpha value is -1.13. The number of nitrogens with zero attached hydrogens (tertiary/aromatic N) is 1. The van der Waals surface area contributed by atoms with Gasteiger partial charge in [-0.05, 0) is 13.0 Å². The molecule has 0 bridgehead atoms. The molecule has 0 aromatic carbocycles. The summed E-state index contributed by atoms with van der Waals surface area (Å²) in [6.07, 6.45) is 3.57. The van der Waals surface area contributed by atoms with E-state index in [2.05, 4.69) is 4.98 Å². The Morgan fingerprint density at radius 1 is 1.71 bits per heavy atom. The van der Waals surface area contributed by atoms with Crippen molar-refractivity contribution in [3.8, 4) is 0 Å². The van der Waals surface area contributed by atoms with Gasteiger partial charge in [0, 0.05) is 30.1 Å². The molecule has 1 aliphatic heterocycles. The van der Waals surface area contributed by atoms with Gasteiger partial charge in [-0.25, -0.2) is 0 Å². The summed E-state index contributed by atoms with van der Waals surface area (Å²) in [6, 6.07) is 1.69. The maximum absolute atomic E-state index is 10.4. The van der Waals surface area contributed by atoms with Crippen molar-refractivity contribution >= 4 is 5.69 Å². The van der Waals surface area contributed by atoms with Crippen LogP contribution >= 0.6 is 0 Å². The van der Waals surface area contributed by atoms with Gasteiger partial charge in [0.05, 0.1) is 12.7 Å². The zero-order chi connectivity index (χ0) is 10.2. The molecular formula is C10H14N2O2. The monoisotopic (exact) mass is 194 g/mol. The number of aromatic nitrogens is 1. The Balaban J connectivity index is 2.43. The van der Waals surface area contributed by atoms with Crippen molar-refractivity contribution in [2.24, 2.45) is 0 Å². The fourth-order valence-corrected chi connectivity index (χ4v) is 1.85. The lowest BCUT2D eigenvalue weighted by molar-refractivity contribution is -0.0313. The quantitative estimate of drug-likeness (QED) is 0.689. The smallest absolute Gasteiger partial charge is 0.121 e. The van der Waals surface area contributed by atoms with Gasteiger partial charge in [0.15, 0.2) is 0 Å². The zero-order valence-corrected chi connectivity index (χ0v) is 8.10. The first-order valence-electron chi connectivity index (χ1n) is 4.68. The third-order valence-corrected chi connectivity index (χ3v) is 2.84. The number of hydrogen-bond acceptors (Lipinski definition) is 4. The van der Waals surface area contributed by atoms with Gasteiger partial charge in [-0.15, -0.1) is 0 Å². The summed E-state index contributed by atoms with van der Waals surface area (Å²) < 4.78 is 5.34. The van der Waals surface area contributed by atoms with Crippen molar-refractivity contribution in [2.75, 3.05) is 12.3 Å². The van der Waals surface area contributed by atoms with E-state index in [9.17, 15) is 5.11 Å². The van der Waals surface area contributed by atoms with E-state index < -0.39 is 5.60 Å². The van der Waals surface area contributed by atoms with Gasteiger partial charge in [0.1, 0.15) is 5.60 Å². The van der Waals surface area contributed by atoms with Crippen LogP contribution in [0, 0.1) is 0 Å². The summed E-state index contributed by atoms with van der Waals surface area (Å²) >= 11 is 0. The normalized spacial score (nSPS) is 32.0. The number of anilines is 1. The molecule has 2 unspecified atom stereocenters. The summed E-state index contributed by atoms with van der Waals surface area (Å²) in [5.74, 6) is 0.